The number of aromatic nitrogens is 2. The Kier molecular flexibility index (Phi) is 2.41. The minimum Gasteiger partial charge on any atom is -0.461 e. The third-order valence-corrected chi connectivity index (χ3v) is 2.27. The second-order valence-electron chi connectivity index (χ2n) is 3.29. The summed E-state index contributed by atoms with van der Waals surface area (Å²) in [5.74, 6) is -0.377. The van der Waals surface area contributed by atoms with E-state index in [-0.39, 0.29) is 5.97 Å². The first-order valence-corrected chi connectivity index (χ1v) is 4.85. The lowest BCUT2D eigenvalue weighted by atomic mass is 10.1. The summed E-state index contributed by atoms with van der Waals surface area (Å²) in [6.45, 7) is 4.08. The number of aryl methyl sites for hydroxylation is 1. The summed E-state index contributed by atoms with van der Waals surface area (Å²) in [5, 5.41) is 7.64. The molecule has 4 nitrogen and oxygen atoms in total. The second kappa shape index (κ2) is 3.73. The lowest BCUT2D eigenvalue weighted by Crippen LogP contribution is -2.05. The third-order valence-electron chi connectivity index (χ3n) is 2.27. The van der Waals surface area contributed by atoms with Crippen LogP contribution in [0.5, 0.6) is 0 Å². The molecule has 1 aromatic heterocycles. The number of hydrogen-bond donors (Lipinski definition) is 1. The molecule has 1 aromatic carbocycles. The number of esters is 1. The number of H-pyrrole nitrogens is 1. The van der Waals surface area contributed by atoms with E-state index in [2.05, 4.69) is 10.2 Å². The van der Waals surface area contributed by atoms with Crippen LogP contribution in [0.15, 0.2) is 18.2 Å². The third kappa shape index (κ3) is 1.58. The van der Waals surface area contributed by atoms with Gasteiger partial charge in [-0.1, -0.05) is 12.1 Å². The van der Waals surface area contributed by atoms with Crippen LogP contribution in [0, 0.1) is 6.92 Å². The Morgan fingerprint density at radius 1 is 1.53 bits per heavy atom. The molecule has 1 heterocycles. The summed E-state index contributed by atoms with van der Waals surface area (Å²) in [7, 11) is 0. The van der Waals surface area contributed by atoms with Crippen LogP contribution in [0.1, 0.15) is 23.0 Å². The molecule has 0 radical (unpaired) electrons. The Labute approximate surface area is 87.2 Å². The summed E-state index contributed by atoms with van der Waals surface area (Å²) < 4.78 is 4.93. The van der Waals surface area contributed by atoms with Crippen molar-refractivity contribution in [3.8, 4) is 0 Å². The van der Waals surface area contributed by atoms with Gasteiger partial charge in [0.2, 0.25) is 0 Å². The van der Waals surface area contributed by atoms with Gasteiger partial charge in [-0.15, -0.1) is 0 Å². The van der Waals surface area contributed by atoms with Crippen molar-refractivity contribution in [1.82, 2.24) is 10.2 Å². The normalized spacial score (nSPS) is 10.5. The van der Waals surface area contributed by atoms with Crippen LogP contribution in [-0.2, 0) is 4.74 Å². The van der Waals surface area contributed by atoms with Gasteiger partial charge in [-0.25, -0.2) is 4.79 Å². The fraction of sp³-hybridized carbons (Fsp3) is 0.273. The van der Waals surface area contributed by atoms with Crippen LogP contribution in [0.2, 0.25) is 0 Å². The van der Waals surface area contributed by atoms with E-state index < -0.39 is 0 Å². The number of carbonyl (C=O) groups excluding carboxylic acids is 1. The summed E-state index contributed by atoms with van der Waals surface area (Å²) in [6, 6.07) is 5.75. The van der Waals surface area contributed by atoms with Crippen molar-refractivity contribution in [3.05, 3.63) is 29.5 Å². The zero-order valence-corrected chi connectivity index (χ0v) is 8.70. The standard InChI is InChI=1S/C11H12N2O2/c1-3-15-11(14)10-9-7(2)5-4-6-8(9)12-13-10/h4-6H,3H2,1-2H3,(H,12,13). The maximum Gasteiger partial charge on any atom is 0.359 e. The Bertz CT molecular complexity index is 502. The lowest BCUT2D eigenvalue weighted by Gasteiger charge is -1.99. The monoisotopic (exact) mass is 204 g/mol. The molecule has 0 saturated carbocycles. The number of nitrogens with one attached hydrogen (secondary N) is 1. The van der Waals surface area contributed by atoms with Crippen LogP contribution in [-0.4, -0.2) is 22.8 Å². The molecular weight excluding hydrogens is 192 g/mol. The van der Waals surface area contributed by atoms with Gasteiger partial charge in [0.05, 0.1) is 12.1 Å². The summed E-state index contributed by atoms with van der Waals surface area (Å²) in [5.41, 5.74) is 2.24. The van der Waals surface area contributed by atoms with Gasteiger partial charge in [-0.05, 0) is 25.5 Å². The van der Waals surface area contributed by atoms with Gasteiger partial charge in [-0.3, -0.25) is 5.10 Å². The van der Waals surface area contributed by atoms with Gasteiger partial charge in [0.15, 0.2) is 5.69 Å². The molecule has 0 aliphatic carbocycles. The highest BCUT2D eigenvalue weighted by Gasteiger charge is 2.16. The minimum atomic E-state index is -0.377. The molecule has 0 bridgehead atoms. The first kappa shape index (κ1) is 9.71. The Morgan fingerprint density at radius 2 is 2.33 bits per heavy atom. The Balaban J connectivity index is 2.57. The fourth-order valence-corrected chi connectivity index (χ4v) is 1.59. The number of carbonyl (C=O) groups is 1. The predicted molar refractivity (Wildman–Crippen MR) is 56.8 cm³/mol. The van der Waals surface area contributed by atoms with Crippen molar-refractivity contribution >= 4 is 16.9 Å². The molecule has 15 heavy (non-hydrogen) atoms. The highest BCUT2D eigenvalue weighted by atomic mass is 16.5. The van der Waals surface area contributed by atoms with E-state index in [4.69, 9.17) is 4.74 Å². The highest BCUT2D eigenvalue weighted by molar-refractivity contribution is 6.03. The number of nitrogens with zero attached hydrogens (tertiary/aromatic N) is 1. The minimum absolute atomic E-state index is 0.360. The van der Waals surface area contributed by atoms with Crippen LogP contribution < -0.4 is 0 Å². The maximum atomic E-state index is 11.6. The van der Waals surface area contributed by atoms with Gasteiger partial charge in [-0.2, -0.15) is 5.10 Å². The summed E-state index contributed by atoms with van der Waals surface area (Å²) in [6.07, 6.45) is 0. The van der Waals surface area contributed by atoms with Gasteiger partial charge >= 0.3 is 5.97 Å². The first-order valence-electron chi connectivity index (χ1n) is 4.85. The lowest BCUT2D eigenvalue weighted by molar-refractivity contribution is 0.0521. The number of rotatable bonds is 2. The molecule has 0 atom stereocenters. The largest absolute Gasteiger partial charge is 0.461 e. The van der Waals surface area contributed by atoms with Crippen molar-refractivity contribution < 1.29 is 9.53 Å². The molecule has 2 rings (SSSR count). The van der Waals surface area contributed by atoms with E-state index in [0.717, 1.165) is 16.5 Å². The molecule has 4 heteroatoms. The van der Waals surface area contributed by atoms with Crippen LogP contribution in [0.3, 0.4) is 0 Å². The zero-order valence-electron chi connectivity index (χ0n) is 8.70. The molecule has 0 aliphatic rings. The molecule has 78 valence electrons. The smallest absolute Gasteiger partial charge is 0.359 e. The van der Waals surface area contributed by atoms with E-state index in [1.165, 1.54) is 0 Å². The molecule has 0 fully saturated rings. The summed E-state index contributed by atoms with van der Waals surface area (Å²) >= 11 is 0. The van der Waals surface area contributed by atoms with Gasteiger partial charge < -0.3 is 4.74 Å². The predicted octanol–water partition coefficient (Wildman–Crippen LogP) is 2.05. The first-order chi connectivity index (χ1) is 7.24. The average Bonchev–Trinajstić information content (AvgIpc) is 2.63. The van der Waals surface area contributed by atoms with Crippen molar-refractivity contribution in [2.24, 2.45) is 0 Å². The molecular formula is C11H12N2O2. The van der Waals surface area contributed by atoms with Crippen LogP contribution >= 0.6 is 0 Å². The van der Waals surface area contributed by atoms with Gasteiger partial charge in [0.1, 0.15) is 0 Å². The zero-order chi connectivity index (χ0) is 10.8. The maximum absolute atomic E-state index is 11.6. The highest BCUT2D eigenvalue weighted by Crippen LogP contribution is 2.20. The summed E-state index contributed by atoms with van der Waals surface area (Å²) in [4.78, 5) is 11.6. The van der Waals surface area contributed by atoms with Gasteiger partial charge in [0, 0.05) is 5.39 Å². The molecule has 2 aromatic rings. The van der Waals surface area contributed by atoms with E-state index in [1.54, 1.807) is 6.92 Å². The van der Waals surface area contributed by atoms with Crippen LogP contribution in [0.4, 0.5) is 0 Å². The number of ether oxygens (including phenoxy) is 1. The molecule has 1 N–H and O–H groups in total. The number of hydrogen-bond acceptors (Lipinski definition) is 3. The van der Waals surface area contributed by atoms with E-state index in [0.29, 0.717) is 12.3 Å². The average molecular weight is 204 g/mol. The SMILES string of the molecule is CCOC(=O)c1n[nH]c2cccc(C)c12. The number of benzene rings is 1. The van der Waals surface area contributed by atoms with Crippen LogP contribution in [0.25, 0.3) is 10.9 Å². The molecule has 0 aliphatic heterocycles. The fourth-order valence-electron chi connectivity index (χ4n) is 1.59. The number of fused-ring (bicyclic) bond motifs is 1. The topological polar surface area (TPSA) is 55.0 Å². The van der Waals surface area contributed by atoms with Crippen molar-refractivity contribution in [1.29, 1.82) is 0 Å². The van der Waals surface area contributed by atoms with E-state index in [9.17, 15) is 4.79 Å². The second-order valence-corrected chi connectivity index (χ2v) is 3.29. The van der Waals surface area contributed by atoms with Crippen molar-refractivity contribution in [3.63, 3.8) is 0 Å². The van der Waals surface area contributed by atoms with E-state index >= 15 is 0 Å². The Morgan fingerprint density at radius 3 is 3.07 bits per heavy atom. The molecule has 0 spiro atoms. The van der Waals surface area contributed by atoms with E-state index in [1.807, 2.05) is 25.1 Å². The van der Waals surface area contributed by atoms with Crippen molar-refractivity contribution in [2.45, 2.75) is 13.8 Å². The molecule has 0 amide bonds. The Hall–Kier alpha value is -1.84. The number of aromatic amines is 1. The van der Waals surface area contributed by atoms with Gasteiger partial charge in [0.25, 0.3) is 0 Å². The van der Waals surface area contributed by atoms with Crippen molar-refractivity contribution in [2.75, 3.05) is 6.61 Å². The molecule has 0 unspecified atom stereocenters. The molecule has 0 saturated heterocycles. The quantitative estimate of drug-likeness (QED) is 0.761.